The standard InChI is InChI=1S/C23H19ClN4O/c1-27(19-11-8-15-4-2-5-17(15)14-19)22(29)21-20(16-6-9-18(24)10-7-16)26-23-25-12-3-13-28(21)23/h3,6-14H,2,4-5H2,1H3. The Labute approximate surface area is 173 Å². The normalized spacial score (nSPS) is 12.9. The molecule has 1 aliphatic carbocycles. The highest BCUT2D eigenvalue weighted by molar-refractivity contribution is 6.30. The number of amides is 1. The predicted molar refractivity (Wildman–Crippen MR) is 115 cm³/mol. The van der Waals surface area contributed by atoms with Crippen molar-refractivity contribution in [1.29, 1.82) is 0 Å². The quantitative estimate of drug-likeness (QED) is 0.494. The number of hydrogen-bond donors (Lipinski definition) is 0. The topological polar surface area (TPSA) is 50.5 Å². The molecule has 0 spiro atoms. The highest BCUT2D eigenvalue weighted by atomic mass is 35.5. The van der Waals surface area contributed by atoms with Crippen molar-refractivity contribution in [2.24, 2.45) is 0 Å². The number of carbonyl (C=O) groups excluding carboxylic acids is 1. The lowest BCUT2D eigenvalue weighted by atomic mass is 10.1. The molecule has 5 nitrogen and oxygen atoms in total. The van der Waals surface area contributed by atoms with Crippen LogP contribution in [-0.2, 0) is 12.8 Å². The molecule has 4 aromatic rings. The van der Waals surface area contributed by atoms with Crippen molar-refractivity contribution < 1.29 is 4.79 Å². The highest BCUT2D eigenvalue weighted by Gasteiger charge is 2.25. The van der Waals surface area contributed by atoms with E-state index in [0.29, 0.717) is 22.2 Å². The van der Waals surface area contributed by atoms with E-state index in [1.54, 1.807) is 40.7 Å². The van der Waals surface area contributed by atoms with Gasteiger partial charge in [-0.05, 0) is 60.7 Å². The van der Waals surface area contributed by atoms with Gasteiger partial charge in [-0.15, -0.1) is 0 Å². The molecule has 2 aromatic carbocycles. The van der Waals surface area contributed by atoms with Crippen LogP contribution in [0.15, 0.2) is 60.9 Å². The van der Waals surface area contributed by atoms with Crippen LogP contribution in [0.1, 0.15) is 28.0 Å². The first-order chi connectivity index (χ1) is 14.1. The third kappa shape index (κ3) is 3.08. The fourth-order valence-corrected chi connectivity index (χ4v) is 4.07. The molecule has 0 N–H and O–H groups in total. The molecule has 0 atom stereocenters. The Balaban J connectivity index is 1.62. The van der Waals surface area contributed by atoms with Crippen LogP contribution in [-0.4, -0.2) is 27.3 Å². The second-order valence-electron chi connectivity index (χ2n) is 7.28. The van der Waals surface area contributed by atoms with Crippen molar-refractivity contribution in [1.82, 2.24) is 14.4 Å². The summed E-state index contributed by atoms with van der Waals surface area (Å²) >= 11 is 6.04. The largest absolute Gasteiger partial charge is 0.310 e. The fraction of sp³-hybridized carbons (Fsp3) is 0.174. The molecule has 0 saturated heterocycles. The zero-order valence-corrected chi connectivity index (χ0v) is 16.7. The number of fused-ring (bicyclic) bond motifs is 2. The Morgan fingerprint density at radius 2 is 1.90 bits per heavy atom. The Morgan fingerprint density at radius 3 is 2.72 bits per heavy atom. The van der Waals surface area contributed by atoms with Crippen LogP contribution in [0.3, 0.4) is 0 Å². The Kier molecular flexibility index (Phi) is 4.32. The number of halogens is 1. The van der Waals surface area contributed by atoms with Gasteiger partial charge in [0.1, 0.15) is 11.4 Å². The van der Waals surface area contributed by atoms with Crippen molar-refractivity contribution in [2.45, 2.75) is 19.3 Å². The van der Waals surface area contributed by atoms with E-state index in [1.807, 2.05) is 24.4 Å². The number of benzene rings is 2. The van der Waals surface area contributed by atoms with Crippen LogP contribution in [0.5, 0.6) is 0 Å². The van der Waals surface area contributed by atoms with Gasteiger partial charge in [0.25, 0.3) is 5.91 Å². The molecule has 1 amide bonds. The summed E-state index contributed by atoms with van der Waals surface area (Å²) in [4.78, 5) is 24.2. The second-order valence-corrected chi connectivity index (χ2v) is 7.71. The van der Waals surface area contributed by atoms with Gasteiger partial charge in [0, 0.05) is 35.7 Å². The summed E-state index contributed by atoms with van der Waals surface area (Å²) in [5.74, 6) is 0.358. The van der Waals surface area contributed by atoms with Gasteiger partial charge in [-0.1, -0.05) is 29.8 Å². The summed E-state index contributed by atoms with van der Waals surface area (Å²) in [5.41, 5.74) is 5.51. The van der Waals surface area contributed by atoms with Gasteiger partial charge >= 0.3 is 0 Å². The van der Waals surface area contributed by atoms with E-state index < -0.39 is 0 Å². The maximum atomic E-state index is 13.6. The van der Waals surface area contributed by atoms with Gasteiger partial charge in [0.2, 0.25) is 5.78 Å². The number of aryl methyl sites for hydroxylation is 2. The molecule has 6 heteroatoms. The van der Waals surface area contributed by atoms with Crippen LogP contribution in [0.4, 0.5) is 5.69 Å². The van der Waals surface area contributed by atoms with Crippen LogP contribution < -0.4 is 4.90 Å². The molecule has 29 heavy (non-hydrogen) atoms. The summed E-state index contributed by atoms with van der Waals surface area (Å²) in [6, 6.07) is 15.4. The molecule has 0 unspecified atom stereocenters. The molecule has 0 fully saturated rings. The lowest BCUT2D eigenvalue weighted by molar-refractivity contribution is 0.0988. The smallest absolute Gasteiger partial charge is 0.277 e. The van der Waals surface area contributed by atoms with Crippen molar-refractivity contribution in [3.63, 3.8) is 0 Å². The minimum absolute atomic E-state index is 0.131. The van der Waals surface area contributed by atoms with E-state index in [4.69, 9.17) is 11.6 Å². The number of hydrogen-bond acceptors (Lipinski definition) is 3. The number of carbonyl (C=O) groups is 1. The van der Waals surface area contributed by atoms with Crippen LogP contribution in [0.25, 0.3) is 17.0 Å². The molecule has 2 heterocycles. The first-order valence-corrected chi connectivity index (χ1v) is 9.98. The maximum Gasteiger partial charge on any atom is 0.277 e. The van der Waals surface area contributed by atoms with Crippen molar-refractivity contribution in [3.05, 3.63) is 82.8 Å². The SMILES string of the molecule is CN(C(=O)c1c(-c2ccc(Cl)cc2)nc2ncccn12)c1ccc2c(c1)CCC2. The molecule has 0 saturated carbocycles. The van der Waals surface area contributed by atoms with Gasteiger partial charge in [-0.2, -0.15) is 0 Å². The summed E-state index contributed by atoms with van der Waals surface area (Å²) in [7, 11) is 1.81. The summed E-state index contributed by atoms with van der Waals surface area (Å²) in [6.45, 7) is 0. The first-order valence-electron chi connectivity index (χ1n) is 9.61. The van der Waals surface area contributed by atoms with E-state index in [0.717, 1.165) is 24.1 Å². The molecule has 0 aliphatic heterocycles. The zero-order chi connectivity index (χ0) is 20.0. The molecule has 5 rings (SSSR count). The molecule has 0 radical (unpaired) electrons. The third-order valence-corrected chi connectivity index (χ3v) is 5.75. The van der Waals surface area contributed by atoms with E-state index in [2.05, 4.69) is 22.1 Å². The minimum atomic E-state index is -0.131. The predicted octanol–water partition coefficient (Wildman–Crippen LogP) is 4.82. The summed E-state index contributed by atoms with van der Waals surface area (Å²) in [6.07, 6.45) is 6.86. The number of nitrogens with zero attached hydrogens (tertiary/aromatic N) is 4. The molecule has 0 bridgehead atoms. The third-order valence-electron chi connectivity index (χ3n) is 5.50. The zero-order valence-electron chi connectivity index (χ0n) is 16.0. The lowest BCUT2D eigenvalue weighted by Gasteiger charge is -2.19. The highest BCUT2D eigenvalue weighted by Crippen LogP contribution is 2.30. The molecule has 144 valence electrons. The van der Waals surface area contributed by atoms with Crippen molar-refractivity contribution in [2.75, 3.05) is 11.9 Å². The number of aromatic nitrogens is 3. The molecule has 2 aromatic heterocycles. The lowest BCUT2D eigenvalue weighted by Crippen LogP contribution is -2.28. The van der Waals surface area contributed by atoms with Gasteiger partial charge in [0.15, 0.2) is 0 Å². The van der Waals surface area contributed by atoms with Crippen molar-refractivity contribution in [3.8, 4) is 11.3 Å². The fourth-order valence-electron chi connectivity index (χ4n) is 3.94. The van der Waals surface area contributed by atoms with Gasteiger partial charge in [-0.3, -0.25) is 9.20 Å². The van der Waals surface area contributed by atoms with E-state index >= 15 is 0 Å². The number of imidazole rings is 1. The van der Waals surface area contributed by atoms with E-state index in [1.165, 1.54) is 17.5 Å². The van der Waals surface area contributed by atoms with Gasteiger partial charge in [-0.25, -0.2) is 9.97 Å². The van der Waals surface area contributed by atoms with Gasteiger partial charge in [0.05, 0.1) is 0 Å². The maximum absolute atomic E-state index is 13.6. The molecule has 1 aliphatic rings. The monoisotopic (exact) mass is 402 g/mol. The Hall–Kier alpha value is -3.18. The number of anilines is 1. The van der Waals surface area contributed by atoms with Crippen LogP contribution in [0, 0.1) is 0 Å². The first kappa shape index (κ1) is 17.9. The summed E-state index contributed by atoms with van der Waals surface area (Å²) < 4.78 is 1.75. The molecular weight excluding hydrogens is 384 g/mol. The van der Waals surface area contributed by atoms with Crippen LogP contribution in [0.2, 0.25) is 5.02 Å². The van der Waals surface area contributed by atoms with E-state index in [9.17, 15) is 4.79 Å². The van der Waals surface area contributed by atoms with E-state index in [-0.39, 0.29) is 5.91 Å². The van der Waals surface area contributed by atoms with Gasteiger partial charge < -0.3 is 4.90 Å². The average Bonchev–Trinajstić information content (AvgIpc) is 3.37. The average molecular weight is 403 g/mol. The Morgan fingerprint density at radius 1 is 1.10 bits per heavy atom. The molecular formula is C23H19ClN4O. The van der Waals surface area contributed by atoms with Crippen molar-refractivity contribution >= 4 is 29.0 Å². The van der Waals surface area contributed by atoms with Crippen LogP contribution >= 0.6 is 11.6 Å². The Bertz CT molecular complexity index is 1230. The second kappa shape index (κ2) is 7.01. The summed E-state index contributed by atoms with van der Waals surface area (Å²) in [5, 5.41) is 0.638. The minimum Gasteiger partial charge on any atom is -0.310 e. The number of rotatable bonds is 3.